The van der Waals surface area contributed by atoms with E-state index in [2.05, 4.69) is 12.0 Å². The largest absolute Gasteiger partial charge is 0.374 e. The maximum atomic E-state index is 13.4. The second-order valence-corrected chi connectivity index (χ2v) is 9.33. The van der Waals surface area contributed by atoms with Crippen LogP contribution < -0.4 is 0 Å². The molecule has 1 N–H and O–H groups in total. The zero-order valence-electron chi connectivity index (χ0n) is 17.9. The number of carbonyl (C=O) groups is 1. The summed E-state index contributed by atoms with van der Waals surface area (Å²) in [6, 6.07) is 5.19. The maximum Gasteiger partial charge on any atom is 0.272 e. The van der Waals surface area contributed by atoms with Crippen molar-refractivity contribution in [2.75, 3.05) is 6.54 Å². The zero-order valence-corrected chi connectivity index (χ0v) is 19.4. The Hall–Kier alpha value is -2.39. The van der Waals surface area contributed by atoms with Crippen LogP contribution in [0.1, 0.15) is 46.0 Å². The van der Waals surface area contributed by atoms with Crippen LogP contribution in [0.25, 0.3) is 0 Å². The number of rotatable bonds is 4. The lowest BCUT2D eigenvalue weighted by Gasteiger charge is -2.37. The lowest BCUT2D eigenvalue weighted by Crippen LogP contribution is -2.43. The minimum Gasteiger partial charge on any atom is -0.374 e. The monoisotopic (exact) mass is 474 g/mol. The van der Waals surface area contributed by atoms with Gasteiger partial charge in [0.15, 0.2) is 0 Å². The summed E-state index contributed by atoms with van der Waals surface area (Å²) in [6.45, 7) is 4.25. The van der Waals surface area contributed by atoms with Crippen molar-refractivity contribution in [1.29, 1.82) is 0 Å². The van der Waals surface area contributed by atoms with Crippen molar-refractivity contribution in [2.24, 2.45) is 7.05 Å². The highest BCUT2D eigenvalue weighted by Gasteiger charge is 2.37. The van der Waals surface area contributed by atoms with Crippen LogP contribution in [-0.4, -0.2) is 53.0 Å². The summed E-state index contributed by atoms with van der Waals surface area (Å²) in [5, 5.41) is 20.9. The van der Waals surface area contributed by atoms with Crippen molar-refractivity contribution in [1.82, 2.24) is 29.4 Å². The van der Waals surface area contributed by atoms with Gasteiger partial charge in [-0.1, -0.05) is 29.3 Å². The molecular weight excluding hydrogens is 451 g/mol. The van der Waals surface area contributed by atoms with Gasteiger partial charge in [0.25, 0.3) is 5.91 Å². The van der Waals surface area contributed by atoms with Gasteiger partial charge in [0.05, 0.1) is 28.5 Å². The van der Waals surface area contributed by atoms with Crippen LogP contribution in [0.2, 0.25) is 10.0 Å². The van der Waals surface area contributed by atoms with Crippen molar-refractivity contribution >= 4 is 29.1 Å². The van der Waals surface area contributed by atoms with Crippen molar-refractivity contribution in [3.8, 4) is 0 Å². The van der Waals surface area contributed by atoms with Crippen molar-refractivity contribution in [3.05, 3.63) is 68.7 Å². The Bertz CT molecular complexity index is 1190. The molecule has 0 fully saturated rings. The molecule has 168 valence electrons. The van der Waals surface area contributed by atoms with Crippen LogP contribution >= 0.6 is 23.2 Å². The van der Waals surface area contributed by atoms with Crippen molar-refractivity contribution in [2.45, 2.75) is 45.2 Å². The van der Waals surface area contributed by atoms with Gasteiger partial charge in [-0.05, 0) is 24.6 Å². The molecule has 2 atom stereocenters. The summed E-state index contributed by atoms with van der Waals surface area (Å²) in [7, 11) is 1.86. The third-order valence-electron chi connectivity index (χ3n) is 6.29. The molecule has 2 aliphatic heterocycles. The molecule has 3 aromatic rings. The van der Waals surface area contributed by atoms with Gasteiger partial charge >= 0.3 is 0 Å². The van der Waals surface area contributed by atoms with E-state index in [0.717, 1.165) is 16.8 Å². The van der Waals surface area contributed by atoms with Gasteiger partial charge in [-0.3, -0.25) is 19.1 Å². The topological polar surface area (TPSA) is 79.4 Å². The van der Waals surface area contributed by atoms with Gasteiger partial charge in [0, 0.05) is 56.5 Å². The summed E-state index contributed by atoms with van der Waals surface area (Å²) >= 11 is 12.2. The van der Waals surface area contributed by atoms with E-state index in [-0.39, 0.29) is 11.9 Å². The number of hydrogen-bond acceptors (Lipinski definition) is 5. The lowest BCUT2D eigenvalue weighted by molar-refractivity contribution is -0.0348. The van der Waals surface area contributed by atoms with Crippen LogP contribution in [-0.2, 0) is 33.1 Å². The first-order valence-electron chi connectivity index (χ1n) is 10.6. The molecule has 0 saturated heterocycles. The Balaban J connectivity index is 1.42. The van der Waals surface area contributed by atoms with Crippen LogP contribution in [0.5, 0.6) is 0 Å². The Morgan fingerprint density at radius 2 is 2.06 bits per heavy atom. The molecule has 2 aliphatic rings. The molecule has 8 nitrogen and oxygen atoms in total. The summed E-state index contributed by atoms with van der Waals surface area (Å²) < 4.78 is 3.56. The quantitative estimate of drug-likeness (QED) is 0.628. The number of aromatic nitrogens is 4. The van der Waals surface area contributed by atoms with E-state index in [1.165, 1.54) is 0 Å². The molecule has 0 bridgehead atoms. The Morgan fingerprint density at radius 3 is 2.78 bits per heavy atom. The van der Waals surface area contributed by atoms with E-state index in [4.69, 9.17) is 28.3 Å². The predicted octanol–water partition coefficient (Wildman–Crippen LogP) is 3.02. The van der Waals surface area contributed by atoms with Gasteiger partial charge in [0.2, 0.25) is 0 Å². The van der Waals surface area contributed by atoms with E-state index in [9.17, 15) is 9.90 Å². The second-order valence-electron chi connectivity index (χ2n) is 8.52. The summed E-state index contributed by atoms with van der Waals surface area (Å²) in [6.07, 6.45) is 3.50. The molecule has 4 heterocycles. The standard InChI is InChI=1S/C22H24Cl2N6O2/c1-13-7-19-16(12-29(13)21(31)15-3-4-17(23)18(24)8-15)20-22(32)28(5-6-30(20)26-19)11-14-9-25-27(2)10-14/h3-4,8-10,13,21,31H,5-7,11-12H2,1-2H3/t13-,21?/m1/s1. The Kier molecular flexibility index (Phi) is 5.49. The second kappa shape index (κ2) is 8.19. The van der Waals surface area contributed by atoms with Crippen LogP contribution in [0, 0.1) is 0 Å². The number of benzene rings is 1. The van der Waals surface area contributed by atoms with E-state index < -0.39 is 6.23 Å². The summed E-state index contributed by atoms with van der Waals surface area (Å²) in [4.78, 5) is 17.2. The first-order chi connectivity index (χ1) is 15.3. The molecule has 2 aromatic heterocycles. The molecule has 1 unspecified atom stereocenters. The normalized spacial score (nSPS) is 19.7. The van der Waals surface area contributed by atoms with E-state index in [0.29, 0.717) is 53.9 Å². The molecule has 0 radical (unpaired) electrons. The minimum atomic E-state index is -0.867. The van der Waals surface area contributed by atoms with Crippen LogP contribution in [0.4, 0.5) is 0 Å². The van der Waals surface area contributed by atoms with Gasteiger partial charge in [-0.15, -0.1) is 0 Å². The Labute approximate surface area is 195 Å². The molecule has 1 amide bonds. The molecule has 0 saturated carbocycles. The number of aliphatic hydroxyl groups excluding tert-OH is 1. The summed E-state index contributed by atoms with van der Waals surface area (Å²) in [5.41, 5.74) is 4.10. The molecule has 1 aromatic carbocycles. The maximum absolute atomic E-state index is 13.4. The number of halogens is 2. The third-order valence-corrected chi connectivity index (χ3v) is 7.03. The SMILES string of the molecule is C[C@@H]1Cc2nn3c(c2CN1C(O)c1ccc(Cl)c(Cl)c1)C(=O)N(Cc1cnn(C)c1)CC3. The fraction of sp³-hybridized carbons (Fsp3) is 0.409. The van der Waals surface area contributed by atoms with Gasteiger partial charge in [-0.25, -0.2) is 0 Å². The average Bonchev–Trinajstić information content (AvgIpc) is 3.33. The molecule has 0 aliphatic carbocycles. The molecular formula is C22H24Cl2N6O2. The highest BCUT2D eigenvalue weighted by molar-refractivity contribution is 6.42. The third kappa shape index (κ3) is 3.71. The first-order valence-corrected chi connectivity index (χ1v) is 11.3. The predicted molar refractivity (Wildman–Crippen MR) is 120 cm³/mol. The fourth-order valence-corrected chi connectivity index (χ4v) is 4.91. The lowest BCUT2D eigenvalue weighted by atomic mass is 9.97. The van der Waals surface area contributed by atoms with Crippen molar-refractivity contribution in [3.63, 3.8) is 0 Å². The van der Waals surface area contributed by atoms with E-state index in [1.807, 2.05) is 27.7 Å². The Morgan fingerprint density at radius 1 is 1.25 bits per heavy atom. The fourth-order valence-electron chi connectivity index (χ4n) is 4.60. The van der Waals surface area contributed by atoms with Gasteiger partial charge in [-0.2, -0.15) is 10.2 Å². The number of hydrogen-bond donors (Lipinski definition) is 1. The number of aryl methyl sites for hydroxylation is 1. The molecule has 32 heavy (non-hydrogen) atoms. The number of nitrogens with zero attached hydrogens (tertiary/aromatic N) is 6. The number of carbonyl (C=O) groups excluding carboxylic acids is 1. The van der Waals surface area contributed by atoms with Gasteiger partial charge in [0.1, 0.15) is 11.9 Å². The smallest absolute Gasteiger partial charge is 0.272 e. The minimum absolute atomic E-state index is 0.0348. The van der Waals surface area contributed by atoms with Crippen molar-refractivity contribution < 1.29 is 9.90 Å². The van der Waals surface area contributed by atoms with Crippen LogP contribution in [0.15, 0.2) is 30.6 Å². The molecule has 10 heteroatoms. The highest BCUT2D eigenvalue weighted by Crippen LogP contribution is 2.34. The number of aliphatic hydroxyl groups is 1. The summed E-state index contributed by atoms with van der Waals surface area (Å²) in [5.74, 6) is -0.0348. The number of amides is 1. The first kappa shape index (κ1) is 21.5. The molecule has 5 rings (SSSR count). The van der Waals surface area contributed by atoms with E-state index in [1.54, 1.807) is 29.1 Å². The van der Waals surface area contributed by atoms with E-state index >= 15 is 0 Å². The number of fused-ring (bicyclic) bond motifs is 3. The average molecular weight is 475 g/mol. The van der Waals surface area contributed by atoms with Crippen LogP contribution in [0.3, 0.4) is 0 Å². The van der Waals surface area contributed by atoms with Gasteiger partial charge < -0.3 is 10.0 Å². The highest BCUT2D eigenvalue weighted by atomic mass is 35.5. The molecule has 0 spiro atoms. The zero-order chi connectivity index (χ0) is 22.6.